The quantitative estimate of drug-likeness (QED) is 0.771. The second kappa shape index (κ2) is 5.40. The van der Waals surface area contributed by atoms with Crippen molar-refractivity contribution >= 4 is 11.6 Å². The third-order valence-electron chi connectivity index (χ3n) is 2.86. The standard InChI is InChI=1S/C14H17N3O/c1-10-5-6-11(14(18)15-2)8-13(10)17-9-12-4-3-7-16-12/h3-8,16-17H,9H2,1-2H3,(H,15,18). The molecular weight excluding hydrogens is 226 g/mol. The van der Waals surface area contributed by atoms with Crippen LogP contribution in [0.15, 0.2) is 36.5 Å². The minimum absolute atomic E-state index is 0.0714. The van der Waals surface area contributed by atoms with E-state index in [0.29, 0.717) is 12.1 Å². The summed E-state index contributed by atoms with van der Waals surface area (Å²) >= 11 is 0. The van der Waals surface area contributed by atoms with Gasteiger partial charge < -0.3 is 15.6 Å². The molecule has 1 aromatic heterocycles. The first-order valence-corrected chi connectivity index (χ1v) is 5.89. The molecule has 0 aliphatic carbocycles. The van der Waals surface area contributed by atoms with Crippen LogP contribution >= 0.6 is 0 Å². The van der Waals surface area contributed by atoms with E-state index >= 15 is 0 Å². The molecule has 1 amide bonds. The molecule has 2 rings (SSSR count). The number of nitrogens with one attached hydrogen (secondary N) is 3. The summed E-state index contributed by atoms with van der Waals surface area (Å²) in [6.07, 6.45) is 1.89. The molecule has 0 fully saturated rings. The van der Waals surface area contributed by atoms with Gasteiger partial charge in [0.1, 0.15) is 0 Å². The van der Waals surface area contributed by atoms with Crippen LogP contribution in [-0.2, 0) is 6.54 Å². The Kier molecular flexibility index (Phi) is 3.67. The molecule has 0 bridgehead atoms. The second-order valence-electron chi connectivity index (χ2n) is 4.16. The number of rotatable bonds is 4. The van der Waals surface area contributed by atoms with Gasteiger partial charge in [-0.1, -0.05) is 6.07 Å². The number of aromatic nitrogens is 1. The van der Waals surface area contributed by atoms with Crippen LogP contribution in [0.4, 0.5) is 5.69 Å². The molecular formula is C14H17N3O. The fourth-order valence-corrected chi connectivity index (χ4v) is 1.77. The largest absolute Gasteiger partial charge is 0.379 e. The molecule has 0 spiro atoms. The molecule has 3 N–H and O–H groups in total. The van der Waals surface area contributed by atoms with Gasteiger partial charge in [0.25, 0.3) is 5.91 Å². The van der Waals surface area contributed by atoms with Gasteiger partial charge in [-0.15, -0.1) is 0 Å². The van der Waals surface area contributed by atoms with Crippen molar-refractivity contribution in [1.29, 1.82) is 0 Å². The highest BCUT2D eigenvalue weighted by atomic mass is 16.1. The Balaban J connectivity index is 2.13. The van der Waals surface area contributed by atoms with Crippen LogP contribution in [0.1, 0.15) is 21.6 Å². The first-order valence-electron chi connectivity index (χ1n) is 5.89. The fraction of sp³-hybridized carbons (Fsp3) is 0.214. The smallest absolute Gasteiger partial charge is 0.251 e. The maximum atomic E-state index is 11.6. The monoisotopic (exact) mass is 243 g/mol. The van der Waals surface area contributed by atoms with Crippen molar-refractivity contribution in [3.05, 3.63) is 53.3 Å². The number of hydrogen-bond donors (Lipinski definition) is 3. The number of H-pyrrole nitrogens is 1. The van der Waals surface area contributed by atoms with Crippen LogP contribution < -0.4 is 10.6 Å². The highest BCUT2D eigenvalue weighted by Gasteiger charge is 2.06. The topological polar surface area (TPSA) is 56.9 Å². The van der Waals surface area contributed by atoms with E-state index in [1.54, 1.807) is 7.05 Å². The van der Waals surface area contributed by atoms with Gasteiger partial charge in [0.2, 0.25) is 0 Å². The van der Waals surface area contributed by atoms with E-state index in [0.717, 1.165) is 16.9 Å². The normalized spacial score (nSPS) is 10.1. The molecule has 4 nitrogen and oxygen atoms in total. The van der Waals surface area contributed by atoms with Crippen LogP contribution in [0.25, 0.3) is 0 Å². The van der Waals surface area contributed by atoms with Crippen LogP contribution in [0, 0.1) is 6.92 Å². The van der Waals surface area contributed by atoms with Crippen molar-refractivity contribution in [2.45, 2.75) is 13.5 Å². The van der Waals surface area contributed by atoms with E-state index in [1.807, 2.05) is 43.5 Å². The zero-order valence-corrected chi connectivity index (χ0v) is 10.6. The summed E-state index contributed by atoms with van der Waals surface area (Å²) in [4.78, 5) is 14.7. The predicted molar refractivity (Wildman–Crippen MR) is 72.7 cm³/mol. The van der Waals surface area contributed by atoms with Crippen molar-refractivity contribution < 1.29 is 4.79 Å². The number of aromatic amines is 1. The summed E-state index contributed by atoms with van der Waals surface area (Å²) in [7, 11) is 1.63. The van der Waals surface area contributed by atoms with Gasteiger partial charge in [0.15, 0.2) is 0 Å². The van der Waals surface area contributed by atoms with E-state index < -0.39 is 0 Å². The number of aryl methyl sites for hydroxylation is 1. The Hall–Kier alpha value is -2.23. The van der Waals surface area contributed by atoms with E-state index in [4.69, 9.17) is 0 Å². The lowest BCUT2D eigenvalue weighted by Crippen LogP contribution is -2.18. The molecule has 1 heterocycles. The maximum absolute atomic E-state index is 11.6. The molecule has 0 saturated heterocycles. The van der Waals surface area contributed by atoms with Crippen molar-refractivity contribution in [2.24, 2.45) is 0 Å². The number of carbonyl (C=O) groups excluding carboxylic acids is 1. The van der Waals surface area contributed by atoms with Crippen molar-refractivity contribution in [3.63, 3.8) is 0 Å². The number of benzene rings is 1. The van der Waals surface area contributed by atoms with E-state index in [1.165, 1.54) is 0 Å². The highest BCUT2D eigenvalue weighted by molar-refractivity contribution is 5.95. The summed E-state index contributed by atoms with van der Waals surface area (Å²) in [6.45, 7) is 2.73. The molecule has 1 aromatic carbocycles. The van der Waals surface area contributed by atoms with Crippen molar-refractivity contribution in [3.8, 4) is 0 Å². The molecule has 2 aromatic rings. The average Bonchev–Trinajstić information content (AvgIpc) is 2.90. The summed E-state index contributed by atoms with van der Waals surface area (Å²) in [5, 5.41) is 5.95. The van der Waals surface area contributed by atoms with Crippen molar-refractivity contribution in [2.75, 3.05) is 12.4 Å². The minimum Gasteiger partial charge on any atom is -0.379 e. The van der Waals surface area contributed by atoms with E-state index in [9.17, 15) is 4.79 Å². The Labute approximate surface area is 106 Å². The highest BCUT2D eigenvalue weighted by Crippen LogP contribution is 2.17. The van der Waals surface area contributed by atoms with Crippen LogP contribution in [0.2, 0.25) is 0 Å². The fourth-order valence-electron chi connectivity index (χ4n) is 1.77. The molecule has 94 valence electrons. The first-order chi connectivity index (χ1) is 8.70. The predicted octanol–water partition coefficient (Wildman–Crippen LogP) is 2.29. The van der Waals surface area contributed by atoms with Gasteiger partial charge in [-0.2, -0.15) is 0 Å². The Morgan fingerprint density at radius 1 is 1.33 bits per heavy atom. The lowest BCUT2D eigenvalue weighted by Gasteiger charge is -2.10. The van der Waals surface area contributed by atoms with Gasteiger partial charge >= 0.3 is 0 Å². The molecule has 4 heteroatoms. The SMILES string of the molecule is CNC(=O)c1ccc(C)c(NCc2ccc[nH]2)c1. The van der Waals surface area contributed by atoms with E-state index in [-0.39, 0.29) is 5.91 Å². The second-order valence-corrected chi connectivity index (χ2v) is 4.16. The van der Waals surface area contributed by atoms with Gasteiger partial charge in [-0.05, 0) is 36.8 Å². The van der Waals surface area contributed by atoms with Crippen LogP contribution in [-0.4, -0.2) is 17.9 Å². The molecule has 0 aliphatic heterocycles. The van der Waals surface area contributed by atoms with Gasteiger partial charge in [0.05, 0.1) is 6.54 Å². The molecule has 0 aliphatic rings. The number of hydrogen-bond acceptors (Lipinski definition) is 2. The van der Waals surface area contributed by atoms with Crippen LogP contribution in [0.3, 0.4) is 0 Å². The lowest BCUT2D eigenvalue weighted by atomic mass is 10.1. The van der Waals surface area contributed by atoms with Gasteiger partial charge in [0, 0.05) is 30.2 Å². The summed E-state index contributed by atoms with van der Waals surface area (Å²) < 4.78 is 0. The van der Waals surface area contributed by atoms with Gasteiger partial charge in [-0.3, -0.25) is 4.79 Å². The first kappa shape index (κ1) is 12.2. The molecule has 0 radical (unpaired) electrons. The van der Waals surface area contributed by atoms with Crippen molar-refractivity contribution in [1.82, 2.24) is 10.3 Å². The third-order valence-corrected chi connectivity index (χ3v) is 2.86. The number of amides is 1. The Bertz CT molecular complexity index is 532. The summed E-state index contributed by atoms with van der Waals surface area (Å²) in [5.41, 5.74) is 3.87. The lowest BCUT2D eigenvalue weighted by molar-refractivity contribution is 0.0963. The zero-order chi connectivity index (χ0) is 13.0. The maximum Gasteiger partial charge on any atom is 0.251 e. The molecule has 0 atom stereocenters. The summed E-state index contributed by atoms with van der Waals surface area (Å²) in [6, 6.07) is 9.63. The molecule has 0 unspecified atom stereocenters. The Morgan fingerprint density at radius 3 is 2.83 bits per heavy atom. The minimum atomic E-state index is -0.0714. The number of anilines is 1. The zero-order valence-electron chi connectivity index (χ0n) is 10.6. The van der Waals surface area contributed by atoms with E-state index in [2.05, 4.69) is 15.6 Å². The third kappa shape index (κ3) is 2.71. The summed E-state index contributed by atoms with van der Waals surface area (Å²) in [5.74, 6) is -0.0714. The molecule has 18 heavy (non-hydrogen) atoms. The average molecular weight is 243 g/mol. The van der Waals surface area contributed by atoms with Gasteiger partial charge in [-0.25, -0.2) is 0 Å². The Morgan fingerprint density at radius 2 is 2.17 bits per heavy atom. The molecule has 0 saturated carbocycles. The number of carbonyl (C=O) groups is 1. The van der Waals surface area contributed by atoms with Crippen LogP contribution in [0.5, 0.6) is 0 Å².